The standard InChI is InChI=1S/C16H29N3/c1-6-14(4)15-9-10-16(17-13-15)18(5)11-12-19(7-2)8-3/h9-10,13-14H,6-8,11-12H2,1-5H3/t14-/m0/s1. The van der Waals surface area contributed by atoms with E-state index >= 15 is 0 Å². The zero-order valence-corrected chi connectivity index (χ0v) is 13.2. The molecule has 0 aliphatic rings. The first-order chi connectivity index (χ1) is 9.12. The Morgan fingerprint density at radius 2 is 1.79 bits per heavy atom. The molecule has 0 fully saturated rings. The molecule has 1 rings (SSSR count). The SMILES string of the molecule is CC[C@H](C)c1ccc(N(C)CCN(CC)CC)nc1. The van der Waals surface area contributed by atoms with Crippen molar-refractivity contribution in [2.45, 2.75) is 40.0 Å². The van der Waals surface area contributed by atoms with Crippen molar-refractivity contribution < 1.29 is 0 Å². The molecule has 0 radical (unpaired) electrons. The average molecular weight is 263 g/mol. The molecule has 1 heterocycles. The molecule has 0 spiro atoms. The lowest BCUT2D eigenvalue weighted by molar-refractivity contribution is 0.311. The molecule has 3 heteroatoms. The Morgan fingerprint density at radius 1 is 1.11 bits per heavy atom. The maximum atomic E-state index is 4.58. The van der Waals surface area contributed by atoms with Gasteiger partial charge < -0.3 is 9.80 Å². The molecule has 1 aromatic rings. The van der Waals surface area contributed by atoms with Crippen molar-refractivity contribution in [1.29, 1.82) is 0 Å². The van der Waals surface area contributed by atoms with Crippen LogP contribution in [0.2, 0.25) is 0 Å². The maximum Gasteiger partial charge on any atom is 0.128 e. The van der Waals surface area contributed by atoms with Crippen LogP contribution < -0.4 is 4.90 Å². The molecule has 19 heavy (non-hydrogen) atoms. The van der Waals surface area contributed by atoms with Gasteiger partial charge in [0.05, 0.1) is 0 Å². The van der Waals surface area contributed by atoms with Gasteiger partial charge in [-0.1, -0.05) is 33.8 Å². The fourth-order valence-corrected chi connectivity index (χ4v) is 2.10. The number of rotatable bonds is 8. The number of likely N-dealkylation sites (N-methyl/N-ethyl adjacent to an activating group) is 2. The first-order valence-electron chi connectivity index (χ1n) is 7.51. The predicted molar refractivity (Wildman–Crippen MR) is 84.0 cm³/mol. The largest absolute Gasteiger partial charge is 0.358 e. The van der Waals surface area contributed by atoms with E-state index in [1.54, 1.807) is 0 Å². The lowest BCUT2D eigenvalue weighted by atomic mass is 10.0. The summed E-state index contributed by atoms with van der Waals surface area (Å²) in [6.45, 7) is 13.2. The summed E-state index contributed by atoms with van der Waals surface area (Å²) in [5.74, 6) is 1.67. The van der Waals surface area contributed by atoms with Gasteiger partial charge >= 0.3 is 0 Å². The van der Waals surface area contributed by atoms with Crippen molar-refractivity contribution in [2.24, 2.45) is 0 Å². The fourth-order valence-electron chi connectivity index (χ4n) is 2.10. The molecule has 0 bridgehead atoms. The van der Waals surface area contributed by atoms with E-state index in [-0.39, 0.29) is 0 Å². The third-order valence-electron chi connectivity index (χ3n) is 3.99. The van der Waals surface area contributed by atoms with Crippen LogP contribution in [0.15, 0.2) is 18.3 Å². The van der Waals surface area contributed by atoms with Gasteiger partial charge in [-0.15, -0.1) is 0 Å². The number of hydrogen-bond donors (Lipinski definition) is 0. The topological polar surface area (TPSA) is 19.4 Å². The molecule has 0 aliphatic carbocycles. The van der Waals surface area contributed by atoms with Gasteiger partial charge in [0.1, 0.15) is 5.82 Å². The van der Waals surface area contributed by atoms with Crippen LogP contribution in [0.5, 0.6) is 0 Å². The van der Waals surface area contributed by atoms with Gasteiger partial charge in [0.15, 0.2) is 0 Å². The minimum Gasteiger partial charge on any atom is -0.358 e. The van der Waals surface area contributed by atoms with E-state index in [0.717, 1.165) is 32.0 Å². The van der Waals surface area contributed by atoms with E-state index in [0.29, 0.717) is 5.92 Å². The third-order valence-corrected chi connectivity index (χ3v) is 3.99. The summed E-state index contributed by atoms with van der Waals surface area (Å²) in [4.78, 5) is 9.25. The minimum absolute atomic E-state index is 0.600. The summed E-state index contributed by atoms with van der Waals surface area (Å²) in [5, 5.41) is 0. The Hall–Kier alpha value is -1.09. The number of pyridine rings is 1. The van der Waals surface area contributed by atoms with Gasteiger partial charge in [-0.25, -0.2) is 4.98 Å². The summed E-state index contributed by atoms with van der Waals surface area (Å²) < 4.78 is 0. The van der Waals surface area contributed by atoms with Crippen LogP contribution in [0.3, 0.4) is 0 Å². The second kappa shape index (κ2) is 8.16. The highest BCUT2D eigenvalue weighted by molar-refractivity contribution is 5.38. The Labute approximate surface area is 118 Å². The van der Waals surface area contributed by atoms with Crippen molar-refractivity contribution in [2.75, 3.05) is 38.1 Å². The van der Waals surface area contributed by atoms with Gasteiger partial charge in [-0.05, 0) is 37.1 Å². The lowest BCUT2D eigenvalue weighted by Gasteiger charge is -2.24. The van der Waals surface area contributed by atoms with Gasteiger partial charge in [-0.3, -0.25) is 0 Å². The number of aromatic nitrogens is 1. The molecule has 0 unspecified atom stereocenters. The monoisotopic (exact) mass is 263 g/mol. The molecule has 3 nitrogen and oxygen atoms in total. The fraction of sp³-hybridized carbons (Fsp3) is 0.688. The number of anilines is 1. The molecule has 1 atom stereocenters. The van der Waals surface area contributed by atoms with Crippen molar-refractivity contribution in [3.05, 3.63) is 23.9 Å². The van der Waals surface area contributed by atoms with Crippen molar-refractivity contribution >= 4 is 5.82 Å². The normalized spacial score (nSPS) is 12.7. The van der Waals surface area contributed by atoms with E-state index in [9.17, 15) is 0 Å². The predicted octanol–water partition coefficient (Wildman–Crippen LogP) is 3.37. The Balaban J connectivity index is 2.55. The minimum atomic E-state index is 0.600. The molecule has 108 valence electrons. The van der Waals surface area contributed by atoms with E-state index in [2.05, 4.69) is 61.7 Å². The smallest absolute Gasteiger partial charge is 0.128 e. The highest BCUT2D eigenvalue weighted by Gasteiger charge is 2.07. The summed E-state index contributed by atoms with van der Waals surface area (Å²) in [6.07, 6.45) is 3.19. The second-order valence-electron chi connectivity index (χ2n) is 5.21. The van der Waals surface area contributed by atoms with E-state index in [1.165, 1.54) is 12.0 Å². The van der Waals surface area contributed by atoms with E-state index in [4.69, 9.17) is 0 Å². The summed E-state index contributed by atoms with van der Waals surface area (Å²) in [5.41, 5.74) is 1.34. The van der Waals surface area contributed by atoms with E-state index in [1.807, 2.05) is 6.20 Å². The summed E-state index contributed by atoms with van der Waals surface area (Å²) in [6, 6.07) is 4.36. The van der Waals surface area contributed by atoms with Crippen LogP contribution in [0.1, 0.15) is 45.6 Å². The quantitative estimate of drug-likeness (QED) is 0.717. The molecule has 0 aliphatic heterocycles. The van der Waals surface area contributed by atoms with Crippen LogP contribution in [-0.2, 0) is 0 Å². The highest BCUT2D eigenvalue weighted by Crippen LogP contribution is 2.19. The lowest BCUT2D eigenvalue weighted by Crippen LogP contribution is -2.33. The number of hydrogen-bond acceptors (Lipinski definition) is 3. The van der Waals surface area contributed by atoms with Gasteiger partial charge in [0.2, 0.25) is 0 Å². The van der Waals surface area contributed by atoms with Gasteiger partial charge in [-0.2, -0.15) is 0 Å². The molecule has 1 aromatic heterocycles. The molecular formula is C16H29N3. The molecule has 0 N–H and O–H groups in total. The molecule has 0 saturated heterocycles. The maximum absolute atomic E-state index is 4.58. The first-order valence-corrected chi connectivity index (χ1v) is 7.51. The highest BCUT2D eigenvalue weighted by atomic mass is 15.2. The van der Waals surface area contributed by atoms with Crippen LogP contribution >= 0.6 is 0 Å². The van der Waals surface area contributed by atoms with Crippen molar-refractivity contribution in [3.63, 3.8) is 0 Å². The van der Waals surface area contributed by atoms with Crippen molar-refractivity contribution in [1.82, 2.24) is 9.88 Å². The average Bonchev–Trinajstić information content (AvgIpc) is 2.47. The van der Waals surface area contributed by atoms with Crippen LogP contribution in [0.4, 0.5) is 5.82 Å². The zero-order valence-electron chi connectivity index (χ0n) is 13.2. The third kappa shape index (κ3) is 4.83. The van der Waals surface area contributed by atoms with Crippen molar-refractivity contribution in [3.8, 4) is 0 Å². The second-order valence-corrected chi connectivity index (χ2v) is 5.21. The van der Waals surface area contributed by atoms with Crippen LogP contribution in [0.25, 0.3) is 0 Å². The summed E-state index contributed by atoms with van der Waals surface area (Å²) >= 11 is 0. The Bertz CT molecular complexity index is 344. The molecule has 0 aromatic carbocycles. The molecule has 0 saturated carbocycles. The summed E-state index contributed by atoms with van der Waals surface area (Å²) in [7, 11) is 2.12. The van der Waals surface area contributed by atoms with E-state index < -0.39 is 0 Å². The van der Waals surface area contributed by atoms with Crippen LogP contribution in [-0.4, -0.2) is 43.1 Å². The Morgan fingerprint density at radius 3 is 2.26 bits per heavy atom. The first kappa shape index (κ1) is 16.0. The van der Waals surface area contributed by atoms with Crippen LogP contribution in [0, 0.1) is 0 Å². The number of nitrogens with zero attached hydrogens (tertiary/aromatic N) is 3. The molecular weight excluding hydrogens is 234 g/mol. The van der Waals surface area contributed by atoms with Gasteiger partial charge in [0, 0.05) is 26.3 Å². The Kier molecular flexibility index (Phi) is 6.85. The molecule has 0 amide bonds. The van der Waals surface area contributed by atoms with Gasteiger partial charge in [0.25, 0.3) is 0 Å². The zero-order chi connectivity index (χ0) is 14.3.